The zero-order valence-electron chi connectivity index (χ0n) is 28.1. The van der Waals surface area contributed by atoms with Gasteiger partial charge in [0.1, 0.15) is 110 Å². The topological polar surface area (TPSA) is 387 Å². The molecule has 5 aliphatic heterocycles. The van der Waals surface area contributed by atoms with Crippen molar-refractivity contribution in [1.29, 1.82) is 0 Å². The van der Waals surface area contributed by atoms with Crippen LogP contribution < -0.4 is 0 Å². The number of hydrogen-bond donors (Lipinski definition) is 15. The molecular weight excluding hydrogens is 732 g/mol. The Balaban J connectivity index is 1.30. The van der Waals surface area contributed by atoms with E-state index in [4.69, 9.17) is 42.6 Å². The monoisotopic (exact) mass is 782 g/mol. The second-order valence-electron chi connectivity index (χ2n) is 13.5. The van der Waals surface area contributed by atoms with Gasteiger partial charge in [-0.1, -0.05) is 0 Å². The van der Waals surface area contributed by atoms with E-state index in [1.54, 1.807) is 0 Å². The fourth-order valence-electron chi connectivity index (χ4n) is 6.55. The maximum absolute atomic E-state index is 11.0. The molecule has 24 atom stereocenters. The number of aliphatic hydroxyl groups excluding tert-OH is 15. The summed E-state index contributed by atoms with van der Waals surface area (Å²) in [4.78, 5) is 0. The molecule has 5 fully saturated rings. The Labute approximate surface area is 300 Å². The smallest absolute Gasteiger partial charge is 0.187 e. The Kier molecular flexibility index (Phi) is 14.7. The lowest BCUT2D eigenvalue weighted by Gasteiger charge is -2.48. The third-order valence-electron chi connectivity index (χ3n) is 9.87. The van der Waals surface area contributed by atoms with Crippen molar-refractivity contribution >= 4 is 0 Å². The van der Waals surface area contributed by atoms with Gasteiger partial charge in [0.25, 0.3) is 0 Å². The number of hydrogen-bond acceptors (Lipinski definition) is 24. The van der Waals surface area contributed by atoms with Crippen molar-refractivity contribution in [1.82, 2.24) is 0 Å². The van der Waals surface area contributed by atoms with Crippen LogP contribution in [0, 0.1) is 0 Å². The van der Waals surface area contributed by atoms with E-state index in [2.05, 4.69) is 0 Å². The zero-order chi connectivity index (χ0) is 39.0. The van der Waals surface area contributed by atoms with Crippen LogP contribution >= 0.6 is 0 Å². The quantitative estimate of drug-likeness (QED) is 0.0925. The van der Waals surface area contributed by atoms with E-state index in [1.807, 2.05) is 0 Å². The van der Waals surface area contributed by atoms with Crippen LogP contribution in [-0.2, 0) is 42.6 Å². The van der Waals surface area contributed by atoms with E-state index in [9.17, 15) is 76.6 Å². The molecular formula is C29H50O24. The Morgan fingerprint density at radius 3 is 1.60 bits per heavy atom. The number of ether oxygens (including phenoxy) is 9. The van der Waals surface area contributed by atoms with Gasteiger partial charge in [-0.05, 0) is 6.92 Å². The molecule has 5 aliphatic rings. The molecule has 5 saturated heterocycles. The molecule has 0 aromatic heterocycles. The highest BCUT2D eigenvalue weighted by atomic mass is 16.8. The van der Waals surface area contributed by atoms with Gasteiger partial charge in [-0.3, -0.25) is 0 Å². The minimum absolute atomic E-state index is 0.546. The molecule has 0 bridgehead atoms. The fourth-order valence-corrected chi connectivity index (χ4v) is 6.55. The van der Waals surface area contributed by atoms with Gasteiger partial charge in [-0.15, -0.1) is 0 Å². The maximum atomic E-state index is 11.0. The first-order chi connectivity index (χ1) is 25.0. The standard InChI is InChI=1S/C29H50O24/c1-6-11(33)15(37)20(42)26(47-6)52-24-17(39)13(35)8(2-30)49-29(24)53-23-12(34)7(32)4-45-28(23)46-5-10-14(36)16(38)21(43)27(50-10)51-22-9(3-31)48-25(44)19(41)18(22)40/h6-44H,2-5H2,1H3/t6-,7+,8+,9+,10+,11+,12-,13-,14+,15+,16-,17-,18+,19+,20-,21+,22+,23+,24+,25+,26-,27-,28+,29-/m0/s1. The third-order valence-corrected chi connectivity index (χ3v) is 9.87. The minimum Gasteiger partial charge on any atom is -0.394 e. The van der Waals surface area contributed by atoms with Gasteiger partial charge >= 0.3 is 0 Å². The van der Waals surface area contributed by atoms with Crippen molar-refractivity contribution in [3.05, 3.63) is 0 Å². The second-order valence-corrected chi connectivity index (χ2v) is 13.5. The Morgan fingerprint density at radius 1 is 0.453 bits per heavy atom. The molecule has 0 aliphatic carbocycles. The SMILES string of the molecule is C[C@@H]1O[C@@H](O[C@H]2[C@H](O[C@H]3[C@@H](OC[C@H]4O[C@@H](O[C@H]5[C@H](O)[C@@H](O)[C@H](O)O[C@@H]5CO)[C@H](O)[C@@H](O)[C@@H]4O)OC[C@@H](O)[C@@H]3O)O[C@H](CO)[C@H](O)[C@@H]2O)[C@@H](O)[C@H](O)[C@@H]1O. The van der Waals surface area contributed by atoms with Gasteiger partial charge in [0.2, 0.25) is 0 Å². The van der Waals surface area contributed by atoms with E-state index < -0.39 is 174 Å². The summed E-state index contributed by atoms with van der Waals surface area (Å²) in [6.45, 7) is -1.62. The van der Waals surface area contributed by atoms with Crippen molar-refractivity contribution < 1.29 is 119 Å². The molecule has 0 radical (unpaired) electrons. The summed E-state index contributed by atoms with van der Waals surface area (Å²) in [5.41, 5.74) is 0. The largest absolute Gasteiger partial charge is 0.394 e. The Hall–Kier alpha value is -0.960. The van der Waals surface area contributed by atoms with Gasteiger partial charge in [-0.25, -0.2) is 0 Å². The molecule has 0 spiro atoms. The molecule has 310 valence electrons. The first kappa shape index (κ1) is 43.2. The van der Waals surface area contributed by atoms with Gasteiger partial charge < -0.3 is 119 Å². The van der Waals surface area contributed by atoms with Crippen LogP contribution in [0.5, 0.6) is 0 Å². The molecule has 5 rings (SSSR count). The van der Waals surface area contributed by atoms with E-state index in [0.29, 0.717) is 0 Å². The fraction of sp³-hybridized carbons (Fsp3) is 1.00. The summed E-state index contributed by atoms with van der Waals surface area (Å²) in [6.07, 6.45) is -41.9. The van der Waals surface area contributed by atoms with Crippen LogP contribution in [0.3, 0.4) is 0 Å². The van der Waals surface area contributed by atoms with Crippen molar-refractivity contribution in [2.45, 2.75) is 154 Å². The van der Waals surface area contributed by atoms with Crippen molar-refractivity contribution in [3.63, 3.8) is 0 Å². The lowest BCUT2D eigenvalue weighted by Crippen LogP contribution is -2.66. The first-order valence-corrected chi connectivity index (χ1v) is 16.9. The molecule has 0 unspecified atom stereocenters. The highest BCUT2D eigenvalue weighted by Gasteiger charge is 2.54. The molecule has 15 N–H and O–H groups in total. The summed E-state index contributed by atoms with van der Waals surface area (Å²) in [7, 11) is 0. The van der Waals surface area contributed by atoms with Crippen LogP contribution in [0.4, 0.5) is 0 Å². The predicted octanol–water partition coefficient (Wildman–Crippen LogP) is -10.3. The van der Waals surface area contributed by atoms with Crippen molar-refractivity contribution in [2.75, 3.05) is 26.4 Å². The molecule has 24 nitrogen and oxygen atoms in total. The average molecular weight is 783 g/mol. The molecule has 0 saturated carbocycles. The van der Waals surface area contributed by atoms with Crippen LogP contribution in [0.15, 0.2) is 0 Å². The summed E-state index contributed by atoms with van der Waals surface area (Å²) >= 11 is 0. The Bertz CT molecular complexity index is 1140. The average Bonchev–Trinajstić information content (AvgIpc) is 3.14. The third kappa shape index (κ3) is 8.96. The summed E-state index contributed by atoms with van der Waals surface area (Å²) < 4.78 is 49.9. The van der Waals surface area contributed by atoms with Crippen LogP contribution in [0.2, 0.25) is 0 Å². The zero-order valence-corrected chi connectivity index (χ0v) is 28.1. The first-order valence-electron chi connectivity index (χ1n) is 16.9. The molecule has 0 amide bonds. The number of rotatable bonds is 11. The summed E-state index contributed by atoms with van der Waals surface area (Å²) in [5.74, 6) is 0. The predicted molar refractivity (Wildman–Crippen MR) is 159 cm³/mol. The van der Waals surface area contributed by atoms with Gasteiger partial charge in [0.05, 0.1) is 32.5 Å². The van der Waals surface area contributed by atoms with Crippen molar-refractivity contribution in [3.8, 4) is 0 Å². The molecule has 53 heavy (non-hydrogen) atoms. The lowest BCUT2D eigenvalue weighted by atomic mass is 9.97. The Morgan fingerprint density at radius 2 is 0.962 bits per heavy atom. The highest BCUT2D eigenvalue weighted by Crippen LogP contribution is 2.34. The normalized spacial score (nSPS) is 54.1. The van der Waals surface area contributed by atoms with Gasteiger partial charge in [0, 0.05) is 0 Å². The van der Waals surface area contributed by atoms with Crippen LogP contribution in [-0.4, -0.2) is 250 Å². The van der Waals surface area contributed by atoms with Crippen molar-refractivity contribution in [2.24, 2.45) is 0 Å². The van der Waals surface area contributed by atoms with E-state index in [0.717, 1.165) is 0 Å². The van der Waals surface area contributed by atoms with E-state index in [-0.39, 0.29) is 0 Å². The maximum Gasteiger partial charge on any atom is 0.187 e. The molecule has 5 heterocycles. The summed E-state index contributed by atoms with van der Waals surface area (Å²) in [5, 5.41) is 155. The minimum atomic E-state index is -1.98. The molecule has 0 aromatic carbocycles. The number of aliphatic hydroxyl groups is 15. The van der Waals surface area contributed by atoms with E-state index in [1.165, 1.54) is 6.92 Å². The van der Waals surface area contributed by atoms with Crippen LogP contribution in [0.1, 0.15) is 6.92 Å². The lowest BCUT2D eigenvalue weighted by molar-refractivity contribution is -0.390. The molecule has 24 heteroatoms. The highest BCUT2D eigenvalue weighted by molar-refractivity contribution is 4.96. The van der Waals surface area contributed by atoms with E-state index >= 15 is 0 Å². The van der Waals surface area contributed by atoms with Crippen LogP contribution in [0.25, 0.3) is 0 Å². The van der Waals surface area contributed by atoms with Gasteiger partial charge in [0.15, 0.2) is 31.5 Å². The second kappa shape index (κ2) is 18.1. The van der Waals surface area contributed by atoms with Gasteiger partial charge in [-0.2, -0.15) is 0 Å². The summed E-state index contributed by atoms with van der Waals surface area (Å²) in [6, 6.07) is 0. The molecule has 0 aromatic rings.